The molecule has 1 N–H and O–H groups in total. The van der Waals surface area contributed by atoms with E-state index in [2.05, 4.69) is 10.3 Å². The fraction of sp³-hybridized carbons (Fsp3) is 0.381. The molecule has 2 aliphatic heterocycles. The zero-order valence-corrected chi connectivity index (χ0v) is 16.1. The number of nitrogens with zero attached hydrogens (tertiary/aromatic N) is 3. The summed E-state index contributed by atoms with van der Waals surface area (Å²) in [5, 5.41) is 2.88. The molecule has 0 spiro atoms. The Morgan fingerprint density at radius 3 is 2.62 bits per heavy atom. The SMILES string of the molecule is O=C(Nc1ccccc1)N1CCC(Oc2ncccc2C(=O)N2CCOCC2)C1. The van der Waals surface area contributed by atoms with E-state index in [4.69, 9.17) is 9.47 Å². The third-order valence-corrected chi connectivity index (χ3v) is 5.04. The van der Waals surface area contributed by atoms with E-state index in [0.717, 1.165) is 5.69 Å². The maximum atomic E-state index is 12.8. The van der Waals surface area contributed by atoms with Crippen molar-refractivity contribution in [2.75, 3.05) is 44.7 Å². The van der Waals surface area contributed by atoms with Gasteiger partial charge in [0.1, 0.15) is 11.7 Å². The molecule has 8 heteroatoms. The van der Waals surface area contributed by atoms with E-state index in [9.17, 15) is 9.59 Å². The lowest BCUT2D eigenvalue weighted by Crippen LogP contribution is -2.41. The highest BCUT2D eigenvalue weighted by molar-refractivity contribution is 5.96. The predicted octanol–water partition coefficient (Wildman–Crippen LogP) is 2.24. The van der Waals surface area contributed by atoms with Gasteiger partial charge in [-0.1, -0.05) is 18.2 Å². The van der Waals surface area contributed by atoms with E-state index in [-0.39, 0.29) is 18.0 Å². The van der Waals surface area contributed by atoms with Gasteiger partial charge in [0.15, 0.2) is 0 Å². The van der Waals surface area contributed by atoms with Crippen molar-refractivity contribution in [3.63, 3.8) is 0 Å². The average molecular weight is 396 g/mol. The molecular weight excluding hydrogens is 372 g/mol. The van der Waals surface area contributed by atoms with Gasteiger partial charge < -0.3 is 24.6 Å². The molecule has 1 aromatic heterocycles. The Labute approximate surface area is 169 Å². The summed E-state index contributed by atoms with van der Waals surface area (Å²) in [7, 11) is 0. The van der Waals surface area contributed by atoms with Crippen LogP contribution in [0.25, 0.3) is 0 Å². The number of hydrogen-bond acceptors (Lipinski definition) is 5. The first kappa shape index (κ1) is 19.2. The fourth-order valence-corrected chi connectivity index (χ4v) is 3.48. The quantitative estimate of drug-likeness (QED) is 0.857. The molecule has 29 heavy (non-hydrogen) atoms. The summed E-state index contributed by atoms with van der Waals surface area (Å²) in [6, 6.07) is 12.6. The standard InChI is InChI=1S/C21H24N4O4/c26-20(24-11-13-28-14-12-24)18-7-4-9-22-19(18)29-17-8-10-25(15-17)21(27)23-16-5-2-1-3-6-16/h1-7,9,17H,8,10-15H2,(H,23,27). The lowest BCUT2D eigenvalue weighted by molar-refractivity contribution is 0.0298. The van der Waals surface area contributed by atoms with Crippen molar-refractivity contribution in [1.29, 1.82) is 0 Å². The summed E-state index contributed by atoms with van der Waals surface area (Å²) >= 11 is 0. The first-order chi connectivity index (χ1) is 14.2. The molecule has 1 aromatic carbocycles. The van der Waals surface area contributed by atoms with Crippen molar-refractivity contribution < 1.29 is 19.1 Å². The number of carbonyl (C=O) groups is 2. The number of hydrogen-bond donors (Lipinski definition) is 1. The number of benzene rings is 1. The highest BCUT2D eigenvalue weighted by Crippen LogP contribution is 2.22. The smallest absolute Gasteiger partial charge is 0.321 e. The Kier molecular flexibility index (Phi) is 5.90. The Bertz CT molecular complexity index is 855. The van der Waals surface area contributed by atoms with Crippen molar-refractivity contribution >= 4 is 17.6 Å². The summed E-state index contributed by atoms with van der Waals surface area (Å²) in [4.78, 5) is 33.1. The van der Waals surface area contributed by atoms with E-state index >= 15 is 0 Å². The minimum Gasteiger partial charge on any atom is -0.472 e. The molecule has 2 saturated heterocycles. The van der Waals surface area contributed by atoms with E-state index in [1.807, 2.05) is 30.3 Å². The van der Waals surface area contributed by atoms with Gasteiger partial charge in [-0.2, -0.15) is 0 Å². The number of amides is 3. The number of para-hydroxylation sites is 1. The van der Waals surface area contributed by atoms with Gasteiger partial charge in [0, 0.05) is 37.9 Å². The monoisotopic (exact) mass is 396 g/mol. The Morgan fingerprint density at radius 2 is 1.83 bits per heavy atom. The largest absolute Gasteiger partial charge is 0.472 e. The van der Waals surface area contributed by atoms with Gasteiger partial charge in [0.25, 0.3) is 5.91 Å². The first-order valence-electron chi connectivity index (χ1n) is 9.80. The molecule has 0 aliphatic carbocycles. The number of rotatable bonds is 4. The van der Waals surface area contributed by atoms with Crippen molar-refractivity contribution in [3.05, 3.63) is 54.2 Å². The highest BCUT2D eigenvalue weighted by Gasteiger charge is 2.30. The molecule has 2 aromatic rings. The second-order valence-electron chi connectivity index (χ2n) is 7.03. The Morgan fingerprint density at radius 1 is 1.03 bits per heavy atom. The maximum Gasteiger partial charge on any atom is 0.321 e. The molecule has 2 aliphatic rings. The number of likely N-dealkylation sites (tertiary alicyclic amines) is 1. The predicted molar refractivity (Wildman–Crippen MR) is 107 cm³/mol. The number of carbonyl (C=O) groups excluding carboxylic acids is 2. The summed E-state index contributed by atoms with van der Waals surface area (Å²) in [5.74, 6) is 0.215. The third kappa shape index (κ3) is 4.65. The van der Waals surface area contributed by atoms with Gasteiger partial charge >= 0.3 is 6.03 Å². The average Bonchev–Trinajstić information content (AvgIpc) is 3.24. The van der Waals surface area contributed by atoms with Gasteiger partial charge in [-0.3, -0.25) is 4.79 Å². The van der Waals surface area contributed by atoms with E-state index in [1.54, 1.807) is 28.1 Å². The Hall–Kier alpha value is -3.13. The number of nitrogens with one attached hydrogen (secondary N) is 1. The number of pyridine rings is 1. The number of ether oxygens (including phenoxy) is 2. The van der Waals surface area contributed by atoms with Crippen molar-refractivity contribution in [3.8, 4) is 5.88 Å². The number of urea groups is 1. The van der Waals surface area contributed by atoms with E-state index < -0.39 is 0 Å². The summed E-state index contributed by atoms with van der Waals surface area (Å²) in [6.07, 6.45) is 2.09. The van der Waals surface area contributed by atoms with E-state index in [0.29, 0.717) is 57.3 Å². The van der Waals surface area contributed by atoms with Crippen LogP contribution in [0.5, 0.6) is 5.88 Å². The fourth-order valence-electron chi connectivity index (χ4n) is 3.48. The number of morpholine rings is 1. The molecule has 3 heterocycles. The molecule has 0 radical (unpaired) electrons. The molecular formula is C21H24N4O4. The van der Waals surface area contributed by atoms with E-state index in [1.165, 1.54) is 0 Å². The summed E-state index contributed by atoms with van der Waals surface area (Å²) in [6.45, 7) is 3.23. The van der Waals surface area contributed by atoms with Crippen LogP contribution in [-0.2, 0) is 4.74 Å². The minimum absolute atomic E-state index is 0.104. The lowest BCUT2D eigenvalue weighted by Gasteiger charge is -2.27. The molecule has 4 rings (SSSR count). The Balaban J connectivity index is 1.38. The molecule has 0 saturated carbocycles. The second-order valence-corrected chi connectivity index (χ2v) is 7.03. The topological polar surface area (TPSA) is 84.0 Å². The van der Waals surface area contributed by atoms with Crippen molar-refractivity contribution in [2.24, 2.45) is 0 Å². The number of anilines is 1. The van der Waals surface area contributed by atoms with Crippen LogP contribution in [0.15, 0.2) is 48.7 Å². The van der Waals surface area contributed by atoms with Gasteiger partial charge in [0.2, 0.25) is 5.88 Å². The third-order valence-electron chi connectivity index (χ3n) is 5.04. The zero-order valence-electron chi connectivity index (χ0n) is 16.1. The van der Waals surface area contributed by atoms with Crippen LogP contribution in [-0.4, -0.2) is 72.2 Å². The van der Waals surface area contributed by atoms with Crippen LogP contribution in [0.2, 0.25) is 0 Å². The highest BCUT2D eigenvalue weighted by atomic mass is 16.5. The molecule has 2 fully saturated rings. The molecule has 1 unspecified atom stereocenters. The molecule has 0 bridgehead atoms. The second kappa shape index (κ2) is 8.91. The van der Waals surface area contributed by atoms with Gasteiger partial charge in [-0.05, 0) is 24.3 Å². The van der Waals surface area contributed by atoms with Crippen LogP contribution >= 0.6 is 0 Å². The van der Waals surface area contributed by atoms with Crippen molar-refractivity contribution in [2.45, 2.75) is 12.5 Å². The van der Waals surface area contributed by atoms with Crippen LogP contribution < -0.4 is 10.1 Å². The number of aromatic nitrogens is 1. The van der Waals surface area contributed by atoms with Gasteiger partial charge in [-0.15, -0.1) is 0 Å². The van der Waals surface area contributed by atoms with Gasteiger partial charge in [-0.25, -0.2) is 9.78 Å². The molecule has 1 atom stereocenters. The van der Waals surface area contributed by atoms with Crippen LogP contribution in [0.3, 0.4) is 0 Å². The minimum atomic E-state index is -0.206. The van der Waals surface area contributed by atoms with Crippen LogP contribution in [0, 0.1) is 0 Å². The summed E-state index contributed by atoms with van der Waals surface area (Å²) in [5.41, 5.74) is 1.20. The van der Waals surface area contributed by atoms with Crippen molar-refractivity contribution in [1.82, 2.24) is 14.8 Å². The summed E-state index contributed by atoms with van der Waals surface area (Å²) < 4.78 is 11.4. The lowest BCUT2D eigenvalue weighted by atomic mass is 10.2. The van der Waals surface area contributed by atoms with Gasteiger partial charge in [0.05, 0.1) is 19.8 Å². The normalized spacial score (nSPS) is 19.1. The zero-order chi connectivity index (χ0) is 20.1. The molecule has 8 nitrogen and oxygen atoms in total. The van der Waals surface area contributed by atoms with Crippen LogP contribution in [0.4, 0.5) is 10.5 Å². The van der Waals surface area contributed by atoms with Crippen LogP contribution in [0.1, 0.15) is 16.8 Å². The maximum absolute atomic E-state index is 12.8. The molecule has 3 amide bonds. The molecule has 152 valence electrons. The first-order valence-corrected chi connectivity index (χ1v) is 9.80.